The molecule has 3 heteroatoms. The van der Waals surface area contributed by atoms with Crippen molar-refractivity contribution in [2.24, 2.45) is 11.8 Å². The first-order valence-electron chi connectivity index (χ1n) is 4.43. The molecule has 1 saturated heterocycles. The van der Waals surface area contributed by atoms with Crippen LogP contribution >= 0.6 is 0 Å². The second kappa shape index (κ2) is 3.90. The SMILES string of the molecule is COCC(C)C1CC(=O)NC1C. The van der Waals surface area contributed by atoms with E-state index in [0.717, 1.165) is 6.61 Å². The van der Waals surface area contributed by atoms with Crippen LogP contribution in [0.5, 0.6) is 0 Å². The Morgan fingerprint density at radius 1 is 1.75 bits per heavy atom. The van der Waals surface area contributed by atoms with E-state index < -0.39 is 0 Å². The molecule has 1 amide bonds. The highest BCUT2D eigenvalue weighted by molar-refractivity contribution is 5.78. The smallest absolute Gasteiger partial charge is 0.220 e. The van der Waals surface area contributed by atoms with Gasteiger partial charge in [0.2, 0.25) is 5.91 Å². The highest BCUT2D eigenvalue weighted by Gasteiger charge is 2.32. The lowest BCUT2D eigenvalue weighted by atomic mass is 9.89. The molecule has 12 heavy (non-hydrogen) atoms. The summed E-state index contributed by atoms with van der Waals surface area (Å²) in [4.78, 5) is 11.0. The molecule has 0 aromatic carbocycles. The molecule has 3 nitrogen and oxygen atoms in total. The van der Waals surface area contributed by atoms with Crippen LogP contribution in [0.3, 0.4) is 0 Å². The maximum atomic E-state index is 11.0. The maximum absolute atomic E-state index is 11.0. The second-order valence-corrected chi connectivity index (χ2v) is 3.66. The van der Waals surface area contributed by atoms with Gasteiger partial charge in [-0.15, -0.1) is 0 Å². The predicted octanol–water partition coefficient (Wildman–Crippen LogP) is 0.793. The number of amides is 1. The van der Waals surface area contributed by atoms with E-state index in [1.54, 1.807) is 7.11 Å². The standard InChI is InChI=1S/C9H17NO2/c1-6(5-12-3)8-4-9(11)10-7(8)2/h6-8H,4-5H2,1-3H3,(H,10,11). The third kappa shape index (κ3) is 1.97. The lowest BCUT2D eigenvalue weighted by Crippen LogP contribution is -2.29. The first-order valence-corrected chi connectivity index (χ1v) is 4.43. The van der Waals surface area contributed by atoms with Gasteiger partial charge in [0.25, 0.3) is 0 Å². The molecular formula is C9H17NO2. The number of hydrogen-bond acceptors (Lipinski definition) is 2. The average Bonchev–Trinajstić information content (AvgIpc) is 2.30. The molecule has 0 radical (unpaired) electrons. The van der Waals surface area contributed by atoms with E-state index in [-0.39, 0.29) is 5.91 Å². The molecule has 1 rings (SSSR count). The second-order valence-electron chi connectivity index (χ2n) is 3.66. The first-order chi connectivity index (χ1) is 5.65. The molecule has 0 saturated carbocycles. The molecule has 1 aliphatic rings. The van der Waals surface area contributed by atoms with Crippen molar-refractivity contribution in [1.82, 2.24) is 5.32 Å². The van der Waals surface area contributed by atoms with E-state index >= 15 is 0 Å². The Balaban J connectivity index is 2.45. The summed E-state index contributed by atoms with van der Waals surface area (Å²) in [5.41, 5.74) is 0. The van der Waals surface area contributed by atoms with Gasteiger partial charge in [-0.3, -0.25) is 4.79 Å². The van der Waals surface area contributed by atoms with Crippen LogP contribution in [0.25, 0.3) is 0 Å². The zero-order chi connectivity index (χ0) is 9.14. The van der Waals surface area contributed by atoms with Gasteiger partial charge in [0, 0.05) is 26.2 Å². The van der Waals surface area contributed by atoms with Gasteiger partial charge in [-0.1, -0.05) is 6.92 Å². The molecule has 1 aliphatic heterocycles. The van der Waals surface area contributed by atoms with Gasteiger partial charge in [-0.25, -0.2) is 0 Å². The van der Waals surface area contributed by atoms with Gasteiger partial charge in [-0.05, 0) is 18.8 Å². The van der Waals surface area contributed by atoms with Gasteiger partial charge in [-0.2, -0.15) is 0 Å². The molecule has 1 fully saturated rings. The van der Waals surface area contributed by atoms with Crippen molar-refractivity contribution in [3.63, 3.8) is 0 Å². The molecule has 0 aliphatic carbocycles. The number of ether oxygens (including phenoxy) is 1. The van der Waals surface area contributed by atoms with Crippen LogP contribution < -0.4 is 5.32 Å². The molecule has 0 aromatic heterocycles. The maximum Gasteiger partial charge on any atom is 0.220 e. The fourth-order valence-electron chi connectivity index (χ4n) is 1.89. The van der Waals surface area contributed by atoms with Crippen molar-refractivity contribution in [3.05, 3.63) is 0 Å². The average molecular weight is 171 g/mol. The minimum Gasteiger partial charge on any atom is -0.384 e. The summed E-state index contributed by atoms with van der Waals surface area (Å²) in [6, 6.07) is 0.308. The normalized spacial score (nSPS) is 31.8. The molecule has 70 valence electrons. The van der Waals surface area contributed by atoms with Crippen LogP contribution in [0.2, 0.25) is 0 Å². The van der Waals surface area contributed by atoms with Gasteiger partial charge < -0.3 is 10.1 Å². The Hall–Kier alpha value is -0.570. The molecule has 1 heterocycles. The van der Waals surface area contributed by atoms with Gasteiger partial charge in [0.05, 0.1) is 0 Å². The summed E-state index contributed by atoms with van der Waals surface area (Å²) in [6.07, 6.45) is 0.658. The highest BCUT2D eigenvalue weighted by atomic mass is 16.5. The van der Waals surface area contributed by atoms with Crippen LogP contribution in [0.15, 0.2) is 0 Å². The Kier molecular flexibility index (Phi) is 3.09. The minimum atomic E-state index is 0.176. The van der Waals surface area contributed by atoms with E-state index in [1.807, 2.05) is 0 Å². The number of nitrogens with one attached hydrogen (secondary N) is 1. The number of methoxy groups -OCH3 is 1. The largest absolute Gasteiger partial charge is 0.384 e. The quantitative estimate of drug-likeness (QED) is 0.682. The van der Waals surface area contributed by atoms with E-state index in [2.05, 4.69) is 19.2 Å². The van der Waals surface area contributed by atoms with Crippen molar-refractivity contribution in [1.29, 1.82) is 0 Å². The van der Waals surface area contributed by atoms with Crippen LogP contribution in [-0.4, -0.2) is 25.7 Å². The summed E-state index contributed by atoms with van der Waals surface area (Å²) in [5, 5.41) is 2.91. The molecule has 0 bridgehead atoms. The summed E-state index contributed by atoms with van der Waals surface area (Å²) in [5.74, 6) is 1.08. The van der Waals surface area contributed by atoms with Crippen molar-refractivity contribution in [2.75, 3.05) is 13.7 Å². The van der Waals surface area contributed by atoms with Gasteiger partial charge in [0.15, 0.2) is 0 Å². The van der Waals surface area contributed by atoms with E-state index in [9.17, 15) is 4.79 Å². The lowest BCUT2D eigenvalue weighted by Gasteiger charge is -2.20. The number of carbonyl (C=O) groups is 1. The van der Waals surface area contributed by atoms with Crippen LogP contribution in [-0.2, 0) is 9.53 Å². The van der Waals surface area contributed by atoms with Gasteiger partial charge in [0.1, 0.15) is 0 Å². The van der Waals surface area contributed by atoms with Crippen molar-refractivity contribution < 1.29 is 9.53 Å². The number of hydrogen-bond donors (Lipinski definition) is 1. The Morgan fingerprint density at radius 2 is 2.42 bits per heavy atom. The zero-order valence-corrected chi connectivity index (χ0v) is 7.96. The molecule has 0 aromatic rings. The summed E-state index contributed by atoms with van der Waals surface area (Å²) in [6.45, 7) is 4.93. The van der Waals surface area contributed by atoms with E-state index in [0.29, 0.717) is 24.3 Å². The highest BCUT2D eigenvalue weighted by Crippen LogP contribution is 2.24. The van der Waals surface area contributed by atoms with Crippen LogP contribution in [0.1, 0.15) is 20.3 Å². The topological polar surface area (TPSA) is 38.3 Å². The van der Waals surface area contributed by atoms with Crippen molar-refractivity contribution in [3.8, 4) is 0 Å². The van der Waals surface area contributed by atoms with Crippen LogP contribution in [0, 0.1) is 11.8 Å². The fraction of sp³-hybridized carbons (Fsp3) is 0.889. The third-order valence-electron chi connectivity index (χ3n) is 2.61. The number of rotatable bonds is 3. The zero-order valence-electron chi connectivity index (χ0n) is 7.96. The predicted molar refractivity (Wildman–Crippen MR) is 46.8 cm³/mol. The molecule has 3 unspecified atom stereocenters. The molecule has 0 spiro atoms. The summed E-state index contributed by atoms with van der Waals surface area (Å²) in [7, 11) is 1.70. The fourth-order valence-corrected chi connectivity index (χ4v) is 1.89. The van der Waals surface area contributed by atoms with Crippen molar-refractivity contribution >= 4 is 5.91 Å². The van der Waals surface area contributed by atoms with Crippen LogP contribution in [0.4, 0.5) is 0 Å². The Bertz CT molecular complexity index is 170. The summed E-state index contributed by atoms with van der Waals surface area (Å²) >= 11 is 0. The van der Waals surface area contributed by atoms with E-state index in [1.165, 1.54) is 0 Å². The molecular weight excluding hydrogens is 154 g/mol. The lowest BCUT2D eigenvalue weighted by molar-refractivity contribution is -0.119. The molecule has 3 atom stereocenters. The minimum absolute atomic E-state index is 0.176. The monoisotopic (exact) mass is 171 g/mol. The number of carbonyl (C=O) groups excluding carboxylic acids is 1. The first kappa shape index (κ1) is 9.52. The Labute approximate surface area is 73.5 Å². The van der Waals surface area contributed by atoms with E-state index in [4.69, 9.17) is 4.74 Å². The van der Waals surface area contributed by atoms with Gasteiger partial charge >= 0.3 is 0 Å². The molecule has 1 N–H and O–H groups in total. The third-order valence-corrected chi connectivity index (χ3v) is 2.61. The van der Waals surface area contributed by atoms with Crippen molar-refractivity contribution in [2.45, 2.75) is 26.3 Å². The summed E-state index contributed by atoms with van der Waals surface area (Å²) < 4.78 is 5.06. The Morgan fingerprint density at radius 3 is 2.83 bits per heavy atom.